The number of hydrogen-bond acceptors (Lipinski definition) is 4. The van der Waals surface area contributed by atoms with Gasteiger partial charge in [0.2, 0.25) is 5.91 Å². The predicted octanol–water partition coefficient (Wildman–Crippen LogP) is 3.66. The fourth-order valence-corrected chi connectivity index (χ4v) is 3.71. The Hall–Kier alpha value is -2.80. The van der Waals surface area contributed by atoms with Gasteiger partial charge in [0.15, 0.2) is 5.96 Å². The first-order valence-electron chi connectivity index (χ1n) is 10.7. The maximum Gasteiger partial charge on any atom is 0.227 e. The van der Waals surface area contributed by atoms with E-state index in [1.54, 1.807) is 13.2 Å². The maximum atomic E-state index is 12.1. The molecule has 3 rings (SSSR count). The summed E-state index contributed by atoms with van der Waals surface area (Å²) in [6.45, 7) is 6.26. The molecule has 0 saturated carbocycles. The summed E-state index contributed by atoms with van der Waals surface area (Å²) >= 11 is 6.29. The highest BCUT2D eigenvalue weighted by molar-refractivity contribution is 6.32. The molecule has 2 atom stereocenters. The van der Waals surface area contributed by atoms with Gasteiger partial charge in [-0.1, -0.05) is 37.6 Å². The second kappa shape index (κ2) is 11.0. The Labute approximate surface area is 189 Å². The molecule has 7 nitrogen and oxygen atoms in total. The highest BCUT2D eigenvalue weighted by Gasteiger charge is 2.25. The van der Waals surface area contributed by atoms with Crippen LogP contribution in [-0.2, 0) is 11.3 Å². The van der Waals surface area contributed by atoms with Crippen LogP contribution in [0, 0.1) is 5.92 Å². The van der Waals surface area contributed by atoms with Crippen LogP contribution in [0.1, 0.15) is 32.3 Å². The van der Waals surface area contributed by atoms with Gasteiger partial charge in [0.1, 0.15) is 5.82 Å². The van der Waals surface area contributed by atoms with E-state index in [1.807, 2.05) is 50.2 Å². The summed E-state index contributed by atoms with van der Waals surface area (Å²) in [4.78, 5) is 23.1. The molecule has 31 heavy (non-hydrogen) atoms. The van der Waals surface area contributed by atoms with E-state index in [2.05, 4.69) is 30.8 Å². The highest BCUT2D eigenvalue weighted by Crippen LogP contribution is 2.25. The van der Waals surface area contributed by atoms with E-state index in [-0.39, 0.29) is 17.9 Å². The Morgan fingerprint density at radius 2 is 2.19 bits per heavy atom. The number of pyridine rings is 1. The van der Waals surface area contributed by atoms with E-state index >= 15 is 0 Å². The van der Waals surface area contributed by atoms with Crippen LogP contribution >= 0.6 is 11.6 Å². The molecule has 166 valence electrons. The molecule has 1 amide bonds. The van der Waals surface area contributed by atoms with Crippen molar-refractivity contribution in [1.29, 1.82) is 0 Å². The van der Waals surface area contributed by atoms with Crippen molar-refractivity contribution in [3.05, 3.63) is 53.2 Å². The number of halogens is 1. The topological polar surface area (TPSA) is 81.6 Å². The molecule has 0 radical (unpaired) electrons. The Bertz CT molecular complexity index is 918. The SMILES string of the molecule is CCC(C)C(=O)Nc1cccc(CNC(=NC)NC2CCN(c3ncccc3Cl)C2)c1. The molecule has 1 aromatic carbocycles. The zero-order valence-corrected chi connectivity index (χ0v) is 19.1. The quantitative estimate of drug-likeness (QED) is 0.450. The number of rotatable bonds is 7. The smallest absolute Gasteiger partial charge is 0.227 e. The number of nitrogens with zero attached hydrogens (tertiary/aromatic N) is 3. The molecular formula is C23H31ClN6O. The number of anilines is 2. The summed E-state index contributed by atoms with van der Waals surface area (Å²) in [5.74, 6) is 1.61. The van der Waals surface area contributed by atoms with Gasteiger partial charge in [-0.05, 0) is 42.7 Å². The first kappa shape index (κ1) is 22.9. The van der Waals surface area contributed by atoms with Crippen LogP contribution in [0.4, 0.5) is 11.5 Å². The molecule has 8 heteroatoms. The number of guanidine groups is 1. The summed E-state index contributed by atoms with van der Waals surface area (Å²) in [6, 6.07) is 11.8. The normalized spacial score (nSPS) is 17.4. The second-order valence-corrected chi connectivity index (χ2v) is 8.22. The number of aliphatic imine (C=N–C) groups is 1. The number of aromatic nitrogens is 1. The third kappa shape index (κ3) is 6.34. The van der Waals surface area contributed by atoms with E-state index in [1.165, 1.54) is 0 Å². The van der Waals surface area contributed by atoms with Crippen molar-refractivity contribution in [2.24, 2.45) is 10.9 Å². The lowest BCUT2D eigenvalue weighted by Crippen LogP contribution is -2.44. The predicted molar refractivity (Wildman–Crippen MR) is 128 cm³/mol. The molecule has 1 aliphatic rings. The van der Waals surface area contributed by atoms with Gasteiger partial charge in [-0.3, -0.25) is 9.79 Å². The van der Waals surface area contributed by atoms with Crippen molar-refractivity contribution in [3.8, 4) is 0 Å². The zero-order valence-electron chi connectivity index (χ0n) is 18.4. The minimum Gasteiger partial charge on any atom is -0.353 e. The fraction of sp³-hybridized carbons (Fsp3) is 0.435. The number of carbonyl (C=O) groups is 1. The molecule has 1 saturated heterocycles. The van der Waals surface area contributed by atoms with Crippen LogP contribution in [0.5, 0.6) is 0 Å². The van der Waals surface area contributed by atoms with Gasteiger partial charge in [-0.25, -0.2) is 4.98 Å². The first-order valence-corrected chi connectivity index (χ1v) is 11.1. The van der Waals surface area contributed by atoms with Gasteiger partial charge in [-0.2, -0.15) is 0 Å². The van der Waals surface area contributed by atoms with Crippen molar-refractivity contribution in [3.63, 3.8) is 0 Å². The highest BCUT2D eigenvalue weighted by atomic mass is 35.5. The maximum absolute atomic E-state index is 12.1. The molecule has 0 spiro atoms. The monoisotopic (exact) mass is 442 g/mol. The molecule has 0 bridgehead atoms. The van der Waals surface area contributed by atoms with Crippen molar-refractivity contribution >= 4 is 35.0 Å². The van der Waals surface area contributed by atoms with Gasteiger partial charge >= 0.3 is 0 Å². The summed E-state index contributed by atoms with van der Waals surface area (Å²) in [5.41, 5.74) is 1.88. The Morgan fingerprint density at radius 1 is 1.35 bits per heavy atom. The fourth-order valence-electron chi connectivity index (χ4n) is 3.46. The Kier molecular flexibility index (Phi) is 8.12. The van der Waals surface area contributed by atoms with Crippen LogP contribution in [-0.4, -0.2) is 43.0 Å². The lowest BCUT2D eigenvalue weighted by molar-refractivity contribution is -0.119. The summed E-state index contributed by atoms with van der Waals surface area (Å²) in [6.07, 6.45) is 3.56. The minimum atomic E-state index is -0.00301. The number of carbonyl (C=O) groups excluding carboxylic acids is 1. The van der Waals surface area contributed by atoms with Crippen LogP contribution in [0.15, 0.2) is 47.6 Å². The van der Waals surface area contributed by atoms with Gasteiger partial charge in [0.05, 0.1) is 5.02 Å². The minimum absolute atomic E-state index is 0.00301. The number of benzene rings is 1. The third-order valence-electron chi connectivity index (χ3n) is 5.51. The van der Waals surface area contributed by atoms with Crippen LogP contribution in [0.2, 0.25) is 5.02 Å². The second-order valence-electron chi connectivity index (χ2n) is 7.81. The zero-order chi connectivity index (χ0) is 22.2. The largest absolute Gasteiger partial charge is 0.353 e. The van der Waals surface area contributed by atoms with Crippen molar-refractivity contribution < 1.29 is 4.79 Å². The average Bonchev–Trinajstić information content (AvgIpc) is 3.24. The van der Waals surface area contributed by atoms with Crippen LogP contribution in [0.25, 0.3) is 0 Å². The summed E-state index contributed by atoms with van der Waals surface area (Å²) < 4.78 is 0. The van der Waals surface area contributed by atoms with Crippen LogP contribution < -0.4 is 20.9 Å². The molecule has 2 heterocycles. The number of amides is 1. The lowest BCUT2D eigenvalue weighted by Gasteiger charge is -2.20. The molecule has 0 aliphatic carbocycles. The molecule has 2 unspecified atom stereocenters. The van der Waals surface area contributed by atoms with Gasteiger partial charge in [0, 0.05) is 50.5 Å². The van der Waals surface area contributed by atoms with Gasteiger partial charge in [-0.15, -0.1) is 0 Å². The summed E-state index contributed by atoms with van der Waals surface area (Å²) in [7, 11) is 1.76. The van der Waals surface area contributed by atoms with E-state index in [9.17, 15) is 4.79 Å². The van der Waals surface area contributed by atoms with Gasteiger partial charge in [0.25, 0.3) is 0 Å². The van der Waals surface area contributed by atoms with E-state index in [4.69, 9.17) is 11.6 Å². The van der Waals surface area contributed by atoms with E-state index in [0.717, 1.165) is 49.0 Å². The molecule has 2 aromatic rings. The number of nitrogens with one attached hydrogen (secondary N) is 3. The Balaban J connectivity index is 1.52. The Morgan fingerprint density at radius 3 is 2.94 bits per heavy atom. The van der Waals surface area contributed by atoms with Gasteiger partial charge < -0.3 is 20.9 Å². The first-order chi connectivity index (χ1) is 15.0. The van der Waals surface area contributed by atoms with E-state index in [0.29, 0.717) is 11.6 Å². The average molecular weight is 443 g/mol. The standard InChI is InChI=1S/C23H31ClN6O/c1-4-16(2)22(31)28-18-8-5-7-17(13-18)14-27-23(25-3)29-19-10-12-30(15-19)21-20(24)9-6-11-26-21/h5-9,11,13,16,19H,4,10,12,14-15H2,1-3H3,(H,28,31)(H2,25,27,29). The van der Waals surface area contributed by atoms with Crippen LogP contribution in [0.3, 0.4) is 0 Å². The van der Waals surface area contributed by atoms with Crippen molar-refractivity contribution in [2.75, 3.05) is 30.4 Å². The molecular weight excluding hydrogens is 412 g/mol. The van der Waals surface area contributed by atoms with E-state index < -0.39 is 0 Å². The molecule has 1 fully saturated rings. The van der Waals surface area contributed by atoms with Crippen molar-refractivity contribution in [2.45, 2.75) is 39.3 Å². The molecule has 1 aliphatic heterocycles. The molecule has 1 aromatic heterocycles. The lowest BCUT2D eigenvalue weighted by atomic mass is 10.1. The molecule has 3 N–H and O–H groups in total. The summed E-state index contributed by atoms with van der Waals surface area (Å²) in [5, 5.41) is 10.5. The third-order valence-corrected chi connectivity index (χ3v) is 5.80. The van der Waals surface area contributed by atoms with Crippen molar-refractivity contribution in [1.82, 2.24) is 15.6 Å². The number of hydrogen-bond donors (Lipinski definition) is 3.